The lowest BCUT2D eigenvalue weighted by Gasteiger charge is -2.23. The minimum absolute atomic E-state index is 0.00633. The number of hydrogen-bond acceptors (Lipinski definition) is 3. The van der Waals surface area contributed by atoms with Crippen molar-refractivity contribution in [3.63, 3.8) is 0 Å². The van der Waals surface area contributed by atoms with Gasteiger partial charge >= 0.3 is 0 Å². The Morgan fingerprint density at radius 1 is 1.60 bits per heavy atom. The summed E-state index contributed by atoms with van der Waals surface area (Å²) in [6.45, 7) is 6.13. The average molecular weight is 214 g/mol. The van der Waals surface area contributed by atoms with Gasteiger partial charge in [0.05, 0.1) is 6.10 Å². The fraction of sp³-hybridized carbons (Fsp3) is 0.909. The summed E-state index contributed by atoms with van der Waals surface area (Å²) in [6.07, 6.45) is 2.88. The first-order chi connectivity index (χ1) is 7.13. The molecular formula is C11H22N2O2. The molecule has 4 heteroatoms. The second-order valence-electron chi connectivity index (χ2n) is 4.33. The molecule has 0 aliphatic carbocycles. The highest BCUT2D eigenvalue weighted by Crippen LogP contribution is 2.17. The van der Waals surface area contributed by atoms with Crippen LogP contribution in [0, 0.1) is 0 Å². The van der Waals surface area contributed by atoms with E-state index >= 15 is 0 Å². The number of hydrogen-bond donors (Lipinski definition) is 2. The van der Waals surface area contributed by atoms with Crippen LogP contribution in [-0.4, -0.2) is 47.7 Å². The van der Waals surface area contributed by atoms with Crippen molar-refractivity contribution in [2.45, 2.75) is 45.3 Å². The predicted octanol–water partition coefficient (Wildman–Crippen LogP) is 0.358. The number of nitrogens with zero attached hydrogens (tertiary/aromatic N) is 1. The third kappa shape index (κ3) is 4.18. The molecule has 0 radical (unpaired) electrons. The maximum Gasteiger partial charge on any atom is 0.216 e. The summed E-state index contributed by atoms with van der Waals surface area (Å²) in [5, 5.41) is 12.4. The molecule has 0 aromatic rings. The maximum atomic E-state index is 10.8. The standard InChI is InChI=1S/C11H22N2O2/c1-3-4-5-13-8-11(15)6-10(13)7-12-9(2)14/h10-11,15H,3-8H2,1-2H3,(H,12,14)/t10-,11+/m0/s1. The number of aliphatic hydroxyl groups excluding tert-OH is 1. The molecule has 2 atom stereocenters. The van der Waals surface area contributed by atoms with Crippen LogP contribution in [0.15, 0.2) is 0 Å². The molecule has 88 valence electrons. The van der Waals surface area contributed by atoms with E-state index in [4.69, 9.17) is 0 Å². The average Bonchev–Trinajstić information content (AvgIpc) is 2.52. The van der Waals surface area contributed by atoms with Gasteiger partial charge in [0.1, 0.15) is 0 Å². The Kier molecular flexibility index (Phi) is 5.05. The van der Waals surface area contributed by atoms with Crippen LogP contribution in [0.1, 0.15) is 33.1 Å². The summed E-state index contributed by atoms with van der Waals surface area (Å²) in [5.74, 6) is 0.00633. The fourth-order valence-electron chi connectivity index (χ4n) is 2.07. The van der Waals surface area contributed by atoms with E-state index in [1.54, 1.807) is 0 Å². The van der Waals surface area contributed by atoms with Crippen LogP contribution in [0.3, 0.4) is 0 Å². The third-order valence-electron chi connectivity index (χ3n) is 2.89. The number of carbonyl (C=O) groups excluding carboxylic acids is 1. The highest BCUT2D eigenvalue weighted by atomic mass is 16.3. The summed E-state index contributed by atoms with van der Waals surface area (Å²) in [7, 11) is 0. The Labute approximate surface area is 91.6 Å². The van der Waals surface area contributed by atoms with Crippen LogP contribution in [0.5, 0.6) is 0 Å². The number of likely N-dealkylation sites (tertiary alicyclic amines) is 1. The monoisotopic (exact) mass is 214 g/mol. The first kappa shape index (κ1) is 12.5. The summed E-state index contributed by atoms with van der Waals surface area (Å²) in [4.78, 5) is 13.1. The number of nitrogens with one attached hydrogen (secondary N) is 1. The zero-order valence-electron chi connectivity index (χ0n) is 9.70. The lowest BCUT2D eigenvalue weighted by Crippen LogP contribution is -2.39. The van der Waals surface area contributed by atoms with Gasteiger partial charge < -0.3 is 10.4 Å². The molecule has 2 N–H and O–H groups in total. The SMILES string of the molecule is CCCCN1C[C@H](O)C[C@H]1CNC(C)=O. The van der Waals surface area contributed by atoms with Crippen LogP contribution >= 0.6 is 0 Å². The minimum Gasteiger partial charge on any atom is -0.392 e. The Hall–Kier alpha value is -0.610. The number of β-amino-alcohol motifs (C(OH)–C–C–N with tert-alkyl or cyclic N) is 1. The highest BCUT2D eigenvalue weighted by molar-refractivity contribution is 5.72. The van der Waals surface area contributed by atoms with Crippen molar-refractivity contribution < 1.29 is 9.90 Å². The molecule has 1 rings (SSSR count). The van der Waals surface area contributed by atoms with Gasteiger partial charge in [-0.05, 0) is 19.4 Å². The van der Waals surface area contributed by atoms with Gasteiger partial charge in [-0.3, -0.25) is 9.69 Å². The van der Waals surface area contributed by atoms with E-state index in [1.807, 2.05) is 0 Å². The van der Waals surface area contributed by atoms with Gasteiger partial charge in [-0.15, -0.1) is 0 Å². The molecule has 0 spiro atoms. The molecule has 15 heavy (non-hydrogen) atoms. The van der Waals surface area contributed by atoms with E-state index in [9.17, 15) is 9.90 Å². The molecule has 0 unspecified atom stereocenters. The van der Waals surface area contributed by atoms with Crippen LogP contribution < -0.4 is 5.32 Å². The van der Waals surface area contributed by atoms with E-state index in [2.05, 4.69) is 17.1 Å². The summed E-state index contributed by atoms with van der Waals surface area (Å²) < 4.78 is 0. The summed E-state index contributed by atoms with van der Waals surface area (Å²) in [6, 6.07) is 0.315. The van der Waals surface area contributed by atoms with Crippen molar-refractivity contribution >= 4 is 5.91 Å². The van der Waals surface area contributed by atoms with Crippen molar-refractivity contribution in [3.05, 3.63) is 0 Å². The first-order valence-corrected chi connectivity index (χ1v) is 5.80. The molecule has 0 bridgehead atoms. The van der Waals surface area contributed by atoms with E-state index in [-0.39, 0.29) is 12.0 Å². The van der Waals surface area contributed by atoms with Crippen molar-refractivity contribution in [1.29, 1.82) is 0 Å². The van der Waals surface area contributed by atoms with Gasteiger partial charge in [-0.25, -0.2) is 0 Å². The lowest BCUT2D eigenvalue weighted by atomic mass is 10.2. The van der Waals surface area contributed by atoms with Crippen molar-refractivity contribution in [1.82, 2.24) is 10.2 Å². The van der Waals surface area contributed by atoms with Gasteiger partial charge in [-0.2, -0.15) is 0 Å². The number of rotatable bonds is 5. The smallest absolute Gasteiger partial charge is 0.216 e. The number of aliphatic hydroxyl groups is 1. The van der Waals surface area contributed by atoms with Gasteiger partial charge in [0.15, 0.2) is 0 Å². The van der Waals surface area contributed by atoms with Gasteiger partial charge in [0.2, 0.25) is 5.91 Å². The topological polar surface area (TPSA) is 52.6 Å². The first-order valence-electron chi connectivity index (χ1n) is 5.80. The zero-order chi connectivity index (χ0) is 11.3. The molecule has 1 amide bonds. The van der Waals surface area contributed by atoms with Crippen LogP contribution in [0.4, 0.5) is 0 Å². The van der Waals surface area contributed by atoms with Crippen molar-refractivity contribution in [2.75, 3.05) is 19.6 Å². The van der Waals surface area contributed by atoms with Crippen LogP contribution in [0.25, 0.3) is 0 Å². The largest absolute Gasteiger partial charge is 0.392 e. The van der Waals surface area contributed by atoms with Crippen LogP contribution in [0.2, 0.25) is 0 Å². The normalized spacial score (nSPS) is 26.9. The van der Waals surface area contributed by atoms with Gasteiger partial charge in [-0.1, -0.05) is 13.3 Å². The quantitative estimate of drug-likeness (QED) is 0.694. The fourth-order valence-corrected chi connectivity index (χ4v) is 2.07. The number of carbonyl (C=O) groups is 1. The van der Waals surface area contributed by atoms with E-state index in [0.29, 0.717) is 12.6 Å². The molecular weight excluding hydrogens is 192 g/mol. The lowest BCUT2D eigenvalue weighted by molar-refractivity contribution is -0.119. The molecule has 4 nitrogen and oxygen atoms in total. The van der Waals surface area contributed by atoms with E-state index in [1.165, 1.54) is 13.3 Å². The van der Waals surface area contributed by atoms with E-state index in [0.717, 1.165) is 25.9 Å². The highest BCUT2D eigenvalue weighted by Gasteiger charge is 2.29. The van der Waals surface area contributed by atoms with E-state index < -0.39 is 0 Å². The third-order valence-corrected chi connectivity index (χ3v) is 2.89. The zero-order valence-corrected chi connectivity index (χ0v) is 9.70. The molecule has 1 aliphatic heterocycles. The Morgan fingerprint density at radius 2 is 2.33 bits per heavy atom. The number of unbranched alkanes of at least 4 members (excludes halogenated alkanes) is 1. The second-order valence-corrected chi connectivity index (χ2v) is 4.33. The van der Waals surface area contributed by atoms with Crippen LogP contribution in [-0.2, 0) is 4.79 Å². The predicted molar refractivity (Wildman–Crippen MR) is 59.6 cm³/mol. The minimum atomic E-state index is -0.222. The molecule has 1 saturated heterocycles. The molecule has 0 saturated carbocycles. The molecule has 1 fully saturated rings. The second kappa shape index (κ2) is 6.08. The van der Waals surface area contributed by atoms with Gasteiger partial charge in [0, 0.05) is 26.1 Å². The summed E-state index contributed by atoms with van der Waals surface area (Å²) >= 11 is 0. The number of amides is 1. The van der Waals surface area contributed by atoms with Crippen molar-refractivity contribution in [2.24, 2.45) is 0 Å². The maximum absolute atomic E-state index is 10.8. The van der Waals surface area contributed by atoms with Gasteiger partial charge in [0.25, 0.3) is 0 Å². The Bertz CT molecular complexity index is 209. The molecule has 1 aliphatic rings. The molecule has 0 aromatic carbocycles. The Morgan fingerprint density at radius 3 is 2.93 bits per heavy atom. The summed E-state index contributed by atoms with van der Waals surface area (Å²) in [5.41, 5.74) is 0. The molecule has 0 aromatic heterocycles. The molecule has 1 heterocycles. The Balaban J connectivity index is 2.34. The van der Waals surface area contributed by atoms with Crippen molar-refractivity contribution in [3.8, 4) is 0 Å².